The van der Waals surface area contributed by atoms with Crippen molar-refractivity contribution in [1.29, 1.82) is 0 Å². The van der Waals surface area contributed by atoms with E-state index in [0.29, 0.717) is 17.1 Å². The van der Waals surface area contributed by atoms with E-state index in [1.807, 2.05) is 6.92 Å². The molecule has 0 unspecified atom stereocenters. The van der Waals surface area contributed by atoms with Gasteiger partial charge in [-0.05, 0) is 26.0 Å². The van der Waals surface area contributed by atoms with Crippen LogP contribution in [0.5, 0.6) is 5.75 Å². The molecule has 6 nitrogen and oxygen atoms in total. The first-order valence-corrected chi connectivity index (χ1v) is 5.32. The number of aromatic nitrogens is 2. The predicted molar refractivity (Wildman–Crippen MR) is 61.5 cm³/mol. The van der Waals surface area contributed by atoms with E-state index in [9.17, 15) is 4.79 Å². The minimum atomic E-state index is -1.02. The number of nitrogens with zero attached hydrogens (tertiary/aromatic N) is 2. The zero-order chi connectivity index (χ0) is 13.1. The molecule has 94 valence electrons. The second-order valence-electron chi connectivity index (χ2n) is 3.89. The van der Waals surface area contributed by atoms with Crippen molar-refractivity contribution in [2.75, 3.05) is 0 Å². The van der Waals surface area contributed by atoms with Crippen molar-refractivity contribution in [2.24, 2.45) is 0 Å². The van der Waals surface area contributed by atoms with Crippen LogP contribution in [0.15, 0.2) is 22.8 Å². The molecule has 2 aromatic rings. The van der Waals surface area contributed by atoms with Gasteiger partial charge >= 0.3 is 5.97 Å². The van der Waals surface area contributed by atoms with Crippen molar-refractivity contribution in [3.05, 3.63) is 40.7 Å². The summed E-state index contributed by atoms with van der Waals surface area (Å²) in [4.78, 5) is 11.1. The lowest BCUT2D eigenvalue weighted by Gasteiger charge is -2.08. The number of hydrogen-bond acceptors (Lipinski definition) is 5. The first-order valence-electron chi connectivity index (χ1n) is 5.32. The molecule has 0 amide bonds. The molecular weight excluding hydrogens is 236 g/mol. The summed E-state index contributed by atoms with van der Waals surface area (Å²) in [5.74, 6) is -0.723. The monoisotopic (exact) mass is 248 g/mol. The van der Waals surface area contributed by atoms with Crippen LogP contribution in [0.4, 0.5) is 0 Å². The minimum absolute atomic E-state index is 0.124. The quantitative estimate of drug-likeness (QED) is 0.890. The molecule has 1 aromatic heterocycles. The maximum absolute atomic E-state index is 11.1. The fraction of sp³-hybridized carbons (Fsp3) is 0.250. The molecule has 0 saturated carbocycles. The van der Waals surface area contributed by atoms with Gasteiger partial charge < -0.3 is 9.84 Å². The summed E-state index contributed by atoms with van der Waals surface area (Å²) in [5, 5.41) is 16.4. The molecule has 0 aliphatic rings. The van der Waals surface area contributed by atoms with Crippen molar-refractivity contribution in [2.45, 2.75) is 20.5 Å². The summed E-state index contributed by atoms with van der Waals surface area (Å²) in [6.07, 6.45) is 0. The Balaban J connectivity index is 2.19. The maximum Gasteiger partial charge on any atom is 0.339 e. The first-order chi connectivity index (χ1) is 8.58. The molecule has 0 spiro atoms. The number of aryl methyl sites for hydroxylation is 2. The summed E-state index contributed by atoms with van der Waals surface area (Å²) in [6, 6.07) is 4.98. The highest BCUT2D eigenvalue weighted by Crippen LogP contribution is 2.21. The molecule has 6 heteroatoms. The van der Waals surface area contributed by atoms with Crippen molar-refractivity contribution >= 4 is 5.97 Å². The predicted octanol–water partition coefficient (Wildman–Crippen LogP) is 1.96. The number of carbonyl (C=O) groups is 1. The fourth-order valence-corrected chi connectivity index (χ4v) is 1.46. The van der Waals surface area contributed by atoms with Crippen LogP contribution in [-0.2, 0) is 6.61 Å². The van der Waals surface area contributed by atoms with Crippen LogP contribution in [0.3, 0.4) is 0 Å². The molecule has 1 N–H and O–H groups in total. The molecule has 18 heavy (non-hydrogen) atoms. The smallest absolute Gasteiger partial charge is 0.339 e. The Kier molecular flexibility index (Phi) is 3.27. The van der Waals surface area contributed by atoms with Gasteiger partial charge in [0.25, 0.3) is 0 Å². The van der Waals surface area contributed by atoms with E-state index in [2.05, 4.69) is 14.9 Å². The van der Waals surface area contributed by atoms with Gasteiger partial charge in [0.15, 0.2) is 0 Å². The highest BCUT2D eigenvalue weighted by atomic mass is 16.6. The van der Waals surface area contributed by atoms with Gasteiger partial charge in [-0.3, -0.25) is 0 Å². The summed E-state index contributed by atoms with van der Waals surface area (Å²) in [5.41, 5.74) is 2.16. The van der Waals surface area contributed by atoms with Gasteiger partial charge in [0.05, 0.1) is 0 Å². The van der Waals surface area contributed by atoms with Gasteiger partial charge in [-0.25, -0.2) is 9.42 Å². The lowest BCUT2D eigenvalue weighted by molar-refractivity contribution is 0.0691. The van der Waals surface area contributed by atoms with Crippen molar-refractivity contribution in [1.82, 2.24) is 10.3 Å². The van der Waals surface area contributed by atoms with E-state index in [1.54, 1.807) is 25.1 Å². The Morgan fingerprint density at radius 2 is 2.17 bits per heavy atom. The number of rotatable bonds is 4. The van der Waals surface area contributed by atoms with E-state index in [0.717, 1.165) is 5.56 Å². The molecule has 0 bridgehead atoms. The third-order valence-corrected chi connectivity index (χ3v) is 2.48. The molecular formula is C12H12N2O4. The summed E-state index contributed by atoms with van der Waals surface area (Å²) >= 11 is 0. The summed E-state index contributed by atoms with van der Waals surface area (Å²) < 4.78 is 9.97. The van der Waals surface area contributed by atoms with Crippen LogP contribution >= 0.6 is 0 Å². The molecule has 0 atom stereocenters. The molecule has 1 aromatic carbocycles. The normalized spacial score (nSPS) is 10.3. The summed E-state index contributed by atoms with van der Waals surface area (Å²) in [6.45, 7) is 3.68. The number of benzene rings is 1. The zero-order valence-electron chi connectivity index (χ0n) is 10.0. The maximum atomic E-state index is 11.1. The molecule has 0 saturated heterocycles. The van der Waals surface area contributed by atoms with Crippen LogP contribution in [-0.4, -0.2) is 21.4 Å². The highest BCUT2D eigenvalue weighted by Gasteiger charge is 2.13. The Bertz CT molecular complexity index is 577. The van der Waals surface area contributed by atoms with Crippen molar-refractivity contribution < 1.29 is 19.3 Å². The van der Waals surface area contributed by atoms with Crippen LogP contribution < -0.4 is 4.74 Å². The average molecular weight is 248 g/mol. The molecule has 0 aliphatic carbocycles. The fourth-order valence-electron chi connectivity index (χ4n) is 1.46. The average Bonchev–Trinajstić information content (AvgIpc) is 2.73. The lowest BCUT2D eigenvalue weighted by atomic mass is 10.1. The molecule has 2 rings (SSSR count). The largest absolute Gasteiger partial charge is 0.486 e. The SMILES string of the molecule is Cc1ccc(OCc2nonc2C)c(C(=O)O)c1. The standard InChI is InChI=1S/C12H12N2O4/c1-7-3-4-11(9(5-7)12(15)16)17-6-10-8(2)13-18-14-10/h3-5H,6H2,1-2H3,(H,15,16). The lowest BCUT2D eigenvalue weighted by Crippen LogP contribution is -2.04. The van der Waals surface area contributed by atoms with Crippen LogP contribution in [0.25, 0.3) is 0 Å². The van der Waals surface area contributed by atoms with Crippen LogP contribution in [0.2, 0.25) is 0 Å². The van der Waals surface area contributed by atoms with E-state index in [-0.39, 0.29) is 12.2 Å². The van der Waals surface area contributed by atoms with Gasteiger partial charge in [-0.1, -0.05) is 21.9 Å². The minimum Gasteiger partial charge on any atom is -0.486 e. The second kappa shape index (κ2) is 4.87. The Hall–Kier alpha value is -2.37. The molecule has 0 aliphatic heterocycles. The number of ether oxygens (including phenoxy) is 1. The van der Waals surface area contributed by atoms with Gasteiger partial charge in [-0.15, -0.1) is 0 Å². The Labute approximate surface area is 103 Å². The van der Waals surface area contributed by atoms with E-state index >= 15 is 0 Å². The van der Waals surface area contributed by atoms with Crippen molar-refractivity contribution in [3.63, 3.8) is 0 Å². The zero-order valence-corrected chi connectivity index (χ0v) is 10.0. The second-order valence-corrected chi connectivity index (χ2v) is 3.89. The third-order valence-electron chi connectivity index (χ3n) is 2.48. The van der Waals surface area contributed by atoms with E-state index < -0.39 is 5.97 Å². The van der Waals surface area contributed by atoms with Gasteiger partial charge in [0.2, 0.25) is 0 Å². The highest BCUT2D eigenvalue weighted by molar-refractivity contribution is 5.91. The van der Waals surface area contributed by atoms with E-state index in [4.69, 9.17) is 9.84 Å². The molecule has 0 fully saturated rings. The van der Waals surface area contributed by atoms with Crippen LogP contribution in [0.1, 0.15) is 27.3 Å². The molecule has 0 radical (unpaired) electrons. The van der Waals surface area contributed by atoms with Gasteiger partial charge in [0, 0.05) is 0 Å². The number of carboxylic acids is 1. The number of aromatic carboxylic acids is 1. The first kappa shape index (κ1) is 12.1. The van der Waals surface area contributed by atoms with Gasteiger partial charge in [-0.2, -0.15) is 0 Å². The molecule has 1 heterocycles. The van der Waals surface area contributed by atoms with Crippen molar-refractivity contribution in [3.8, 4) is 5.75 Å². The third kappa shape index (κ3) is 2.48. The number of hydrogen-bond donors (Lipinski definition) is 1. The van der Waals surface area contributed by atoms with E-state index in [1.165, 1.54) is 0 Å². The summed E-state index contributed by atoms with van der Waals surface area (Å²) in [7, 11) is 0. The Morgan fingerprint density at radius 1 is 1.39 bits per heavy atom. The Morgan fingerprint density at radius 3 is 2.78 bits per heavy atom. The van der Waals surface area contributed by atoms with Gasteiger partial charge in [0.1, 0.15) is 29.3 Å². The number of carboxylic acid groups (broad SMARTS) is 1. The topological polar surface area (TPSA) is 85.5 Å². The van der Waals surface area contributed by atoms with Crippen LogP contribution in [0, 0.1) is 13.8 Å².